The second-order valence-electron chi connectivity index (χ2n) is 6.78. The van der Waals surface area contributed by atoms with E-state index in [1.165, 1.54) is 57.8 Å². The molecule has 1 atom stereocenters. The van der Waals surface area contributed by atoms with E-state index in [2.05, 4.69) is 31.1 Å². The molecule has 1 aromatic heterocycles. The van der Waals surface area contributed by atoms with Gasteiger partial charge >= 0.3 is 0 Å². The largest absolute Gasteiger partial charge is 0.390 e. The Morgan fingerprint density at radius 3 is 2.00 bits per heavy atom. The van der Waals surface area contributed by atoms with Crippen LogP contribution in [0.1, 0.15) is 97.1 Å². The molecule has 0 amide bonds. The molecule has 0 aromatic carbocycles. The molecule has 0 radical (unpaired) electrons. The minimum Gasteiger partial charge on any atom is -0.390 e. The fraction of sp³-hybridized carbons (Fsp3) is 0.889. The zero-order valence-corrected chi connectivity index (χ0v) is 14.9. The van der Waals surface area contributed by atoms with Crippen LogP contribution >= 0.6 is 0 Å². The summed E-state index contributed by atoms with van der Waals surface area (Å²) in [5.41, 5.74) is 0.714. The van der Waals surface area contributed by atoms with Crippen LogP contribution < -0.4 is 0 Å². The Hall–Kier alpha value is -0.900. The fourth-order valence-corrected chi connectivity index (χ4v) is 3.03. The third kappa shape index (κ3) is 6.47. The molecule has 0 aliphatic rings. The molecule has 4 heteroatoms. The van der Waals surface area contributed by atoms with Crippen molar-refractivity contribution in [1.82, 2.24) is 15.0 Å². The molecule has 0 spiro atoms. The Labute approximate surface area is 136 Å². The van der Waals surface area contributed by atoms with E-state index in [9.17, 15) is 5.11 Å². The number of unbranched alkanes of at least 4 members (excludes halogenated alkanes) is 7. The molecule has 128 valence electrons. The van der Waals surface area contributed by atoms with Crippen molar-refractivity contribution in [2.45, 2.75) is 104 Å². The van der Waals surface area contributed by atoms with Gasteiger partial charge in [-0.25, -0.2) is 4.68 Å². The molecule has 4 nitrogen and oxygen atoms in total. The number of hydrogen-bond acceptors (Lipinski definition) is 3. The highest BCUT2D eigenvalue weighted by atomic mass is 16.3. The molecule has 0 bridgehead atoms. The highest BCUT2D eigenvalue weighted by Crippen LogP contribution is 2.29. The van der Waals surface area contributed by atoms with E-state index < -0.39 is 0 Å². The minimum absolute atomic E-state index is 0.0254. The zero-order valence-electron chi connectivity index (χ0n) is 14.9. The molecular formula is C18H35N3O. The lowest BCUT2D eigenvalue weighted by Gasteiger charge is -2.30. The van der Waals surface area contributed by atoms with Crippen molar-refractivity contribution in [3.63, 3.8) is 0 Å². The van der Waals surface area contributed by atoms with Crippen LogP contribution in [0, 0.1) is 0 Å². The Bertz CT molecular complexity index is 391. The first-order valence-electron chi connectivity index (χ1n) is 9.19. The van der Waals surface area contributed by atoms with Gasteiger partial charge in [-0.15, -0.1) is 5.10 Å². The van der Waals surface area contributed by atoms with Crippen molar-refractivity contribution in [2.24, 2.45) is 0 Å². The summed E-state index contributed by atoms with van der Waals surface area (Å²) < 4.78 is 2.00. The number of aromatic nitrogens is 3. The van der Waals surface area contributed by atoms with Gasteiger partial charge in [-0.1, -0.05) is 76.8 Å². The summed E-state index contributed by atoms with van der Waals surface area (Å²) in [6, 6.07) is 0. The number of hydrogen-bond donors (Lipinski definition) is 1. The van der Waals surface area contributed by atoms with Gasteiger partial charge in [0.25, 0.3) is 0 Å². The van der Waals surface area contributed by atoms with E-state index in [1.54, 1.807) is 0 Å². The average molecular weight is 309 g/mol. The smallest absolute Gasteiger partial charge is 0.108 e. The Morgan fingerprint density at radius 1 is 0.955 bits per heavy atom. The van der Waals surface area contributed by atoms with E-state index >= 15 is 0 Å². The minimum atomic E-state index is -0.0254. The maximum atomic E-state index is 9.22. The summed E-state index contributed by atoms with van der Waals surface area (Å²) in [5.74, 6) is 0. The van der Waals surface area contributed by atoms with Crippen molar-refractivity contribution >= 4 is 0 Å². The molecule has 0 aliphatic heterocycles. The van der Waals surface area contributed by atoms with Gasteiger partial charge in [-0.05, 0) is 19.8 Å². The first-order valence-corrected chi connectivity index (χ1v) is 9.19. The molecule has 0 saturated heterocycles. The summed E-state index contributed by atoms with van der Waals surface area (Å²) in [6.45, 7) is 6.78. The van der Waals surface area contributed by atoms with Crippen molar-refractivity contribution in [3.8, 4) is 0 Å². The first-order chi connectivity index (χ1) is 10.7. The van der Waals surface area contributed by atoms with E-state index in [-0.39, 0.29) is 12.1 Å². The van der Waals surface area contributed by atoms with Crippen molar-refractivity contribution in [2.75, 3.05) is 0 Å². The van der Waals surface area contributed by atoms with Gasteiger partial charge in [0.15, 0.2) is 0 Å². The lowest BCUT2D eigenvalue weighted by Crippen LogP contribution is -2.31. The molecule has 0 aliphatic carbocycles. The topological polar surface area (TPSA) is 50.9 Å². The maximum Gasteiger partial charge on any atom is 0.108 e. The van der Waals surface area contributed by atoms with Gasteiger partial charge < -0.3 is 5.11 Å². The summed E-state index contributed by atoms with van der Waals surface area (Å²) in [5, 5.41) is 17.6. The number of aliphatic hydroxyl groups is 1. The van der Waals surface area contributed by atoms with Crippen molar-refractivity contribution in [3.05, 3.63) is 11.9 Å². The van der Waals surface area contributed by atoms with Crippen molar-refractivity contribution < 1.29 is 5.11 Å². The Morgan fingerprint density at radius 2 is 1.50 bits per heavy atom. The molecule has 1 heterocycles. The van der Waals surface area contributed by atoms with Crippen LogP contribution in [0.25, 0.3) is 0 Å². The lowest BCUT2D eigenvalue weighted by molar-refractivity contribution is 0.222. The van der Waals surface area contributed by atoms with Gasteiger partial charge in [0.05, 0.1) is 18.3 Å². The average Bonchev–Trinajstić information content (AvgIpc) is 3.01. The van der Waals surface area contributed by atoms with Crippen LogP contribution in [-0.4, -0.2) is 20.1 Å². The predicted octanol–water partition coefficient (Wildman–Crippen LogP) is 4.82. The molecule has 0 fully saturated rings. The van der Waals surface area contributed by atoms with E-state index in [0.717, 1.165) is 12.8 Å². The van der Waals surface area contributed by atoms with Crippen LogP contribution in [0.5, 0.6) is 0 Å². The van der Waals surface area contributed by atoms with Crippen LogP contribution in [0.3, 0.4) is 0 Å². The summed E-state index contributed by atoms with van der Waals surface area (Å²) in [7, 11) is 0. The van der Waals surface area contributed by atoms with Gasteiger partial charge in [-0.2, -0.15) is 0 Å². The van der Waals surface area contributed by atoms with Crippen LogP contribution in [0.15, 0.2) is 6.20 Å². The third-order valence-corrected chi connectivity index (χ3v) is 4.64. The monoisotopic (exact) mass is 309 g/mol. The van der Waals surface area contributed by atoms with Gasteiger partial charge in [-0.3, -0.25) is 0 Å². The molecule has 1 N–H and O–H groups in total. The Kier molecular flexibility index (Phi) is 9.37. The number of nitrogens with zero attached hydrogens (tertiary/aromatic N) is 3. The fourth-order valence-electron chi connectivity index (χ4n) is 3.03. The van der Waals surface area contributed by atoms with E-state index in [1.807, 2.05) is 10.9 Å². The SMILES string of the molecule is CCCCCCCC(C)(CCCCCC)n1cc(CO)nn1. The van der Waals surface area contributed by atoms with Crippen LogP contribution in [0.4, 0.5) is 0 Å². The summed E-state index contributed by atoms with van der Waals surface area (Å²) >= 11 is 0. The first kappa shape index (κ1) is 19.1. The highest BCUT2D eigenvalue weighted by Gasteiger charge is 2.27. The molecule has 1 aromatic rings. The van der Waals surface area contributed by atoms with Crippen LogP contribution in [-0.2, 0) is 12.1 Å². The van der Waals surface area contributed by atoms with E-state index in [4.69, 9.17) is 0 Å². The summed E-state index contributed by atoms with van der Waals surface area (Å²) in [6.07, 6.45) is 15.9. The molecule has 22 heavy (non-hydrogen) atoms. The van der Waals surface area contributed by atoms with E-state index in [0.29, 0.717) is 5.69 Å². The maximum absolute atomic E-state index is 9.22. The van der Waals surface area contributed by atoms with Crippen molar-refractivity contribution in [1.29, 1.82) is 0 Å². The standard InChI is InChI=1S/C18H35N3O/c1-4-6-8-10-12-14-18(3,13-11-9-7-5-2)21-15-17(16-22)19-20-21/h15,22H,4-14,16H2,1-3H3. The lowest BCUT2D eigenvalue weighted by atomic mass is 9.88. The van der Waals surface area contributed by atoms with Gasteiger partial charge in [0.1, 0.15) is 5.69 Å². The third-order valence-electron chi connectivity index (χ3n) is 4.64. The number of rotatable bonds is 13. The summed E-state index contributed by atoms with van der Waals surface area (Å²) in [4.78, 5) is 0. The normalized spacial score (nSPS) is 14.2. The molecule has 0 saturated carbocycles. The second-order valence-corrected chi connectivity index (χ2v) is 6.78. The van der Waals surface area contributed by atoms with Gasteiger partial charge in [0.2, 0.25) is 0 Å². The highest BCUT2D eigenvalue weighted by molar-refractivity contribution is 4.94. The Balaban J connectivity index is 2.58. The number of aliphatic hydroxyl groups excluding tert-OH is 1. The molecular weight excluding hydrogens is 274 g/mol. The predicted molar refractivity (Wildman–Crippen MR) is 91.7 cm³/mol. The second kappa shape index (κ2) is 10.8. The van der Waals surface area contributed by atoms with Gasteiger partial charge in [0, 0.05) is 0 Å². The zero-order chi connectivity index (χ0) is 16.3. The molecule has 1 rings (SSSR count). The van der Waals surface area contributed by atoms with Crippen LogP contribution in [0.2, 0.25) is 0 Å². The quantitative estimate of drug-likeness (QED) is 0.532. The molecule has 1 unspecified atom stereocenters.